The summed E-state index contributed by atoms with van der Waals surface area (Å²) in [4.78, 5) is 0.732. The van der Waals surface area contributed by atoms with Crippen molar-refractivity contribution in [1.29, 1.82) is 0 Å². The van der Waals surface area contributed by atoms with Crippen LogP contribution in [0, 0.1) is 5.82 Å². The summed E-state index contributed by atoms with van der Waals surface area (Å²) < 4.78 is 18.9. The fraction of sp³-hybridized carbons (Fsp3) is 0.538. The Bertz CT molecular complexity index is 399. The van der Waals surface area contributed by atoms with E-state index in [0.717, 1.165) is 11.3 Å². The van der Waals surface area contributed by atoms with Gasteiger partial charge in [0.25, 0.3) is 0 Å². The lowest BCUT2D eigenvalue weighted by molar-refractivity contribution is 0.196. The molecule has 3 N–H and O–H groups in total. The lowest BCUT2D eigenvalue weighted by Crippen LogP contribution is -2.15. The van der Waals surface area contributed by atoms with Gasteiger partial charge in [-0.05, 0) is 19.4 Å². The van der Waals surface area contributed by atoms with Crippen molar-refractivity contribution in [2.24, 2.45) is 0 Å². The van der Waals surface area contributed by atoms with Gasteiger partial charge in [-0.3, -0.25) is 0 Å². The van der Waals surface area contributed by atoms with Crippen molar-refractivity contribution >= 4 is 17.4 Å². The molecule has 0 aliphatic heterocycles. The third-order valence-electron chi connectivity index (χ3n) is 2.52. The SMILES string of the molecule is CCCOc1cc(SC(C)C(C)O)c(N)cc1F. The molecule has 0 aliphatic rings. The van der Waals surface area contributed by atoms with E-state index in [1.165, 1.54) is 17.8 Å². The van der Waals surface area contributed by atoms with Crippen molar-refractivity contribution < 1.29 is 14.2 Å². The minimum atomic E-state index is -0.459. The van der Waals surface area contributed by atoms with E-state index in [1.54, 1.807) is 13.0 Å². The zero-order chi connectivity index (χ0) is 13.7. The summed E-state index contributed by atoms with van der Waals surface area (Å²) in [6.45, 7) is 6.04. The summed E-state index contributed by atoms with van der Waals surface area (Å²) in [5.74, 6) is -0.235. The molecular formula is C13H20FNO2S. The topological polar surface area (TPSA) is 55.5 Å². The van der Waals surface area contributed by atoms with E-state index in [9.17, 15) is 9.50 Å². The molecule has 102 valence electrons. The maximum absolute atomic E-state index is 13.6. The Morgan fingerprint density at radius 3 is 2.67 bits per heavy atom. The van der Waals surface area contributed by atoms with Gasteiger partial charge < -0.3 is 15.6 Å². The van der Waals surface area contributed by atoms with E-state index < -0.39 is 11.9 Å². The van der Waals surface area contributed by atoms with Crippen molar-refractivity contribution in [2.75, 3.05) is 12.3 Å². The quantitative estimate of drug-likeness (QED) is 0.618. The lowest BCUT2D eigenvalue weighted by Gasteiger charge is -2.16. The van der Waals surface area contributed by atoms with Gasteiger partial charge in [-0.1, -0.05) is 13.8 Å². The number of ether oxygens (including phenoxy) is 1. The molecule has 5 heteroatoms. The summed E-state index contributed by atoms with van der Waals surface area (Å²) in [5.41, 5.74) is 6.14. The second-order valence-corrected chi connectivity index (χ2v) is 5.65. The first-order valence-corrected chi connectivity index (χ1v) is 6.90. The van der Waals surface area contributed by atoms with Crippen LogP contribution in [0.4, 0.5) is 10.1 Å². The summed E-state index contributed by atoms with van der Waals surface area (Å²) in [5, 5.41) is 9.45. The van der Waals surface area contributed by atoms with Crippen LogP contribution in [0.5, 0.6) is 5.75 Å². The van der Waals surface area contributed by atoms with E-state index in [2.05, 4.69) is 0 Å². The molecule has 0 bridgehead atoms. The number of anilines is 1. The second kappa shape index (κ2) is 6.85. The number of aliphatic hydroxyl groups excluding tert-OH is 1. The number of thioether (sulfide) groups is 1. The van der Waals surface area contributed by atoms with Crippen LogP contribution < -0.4 is 10.5 Å². The van der Waals surface area contributed by atoms with Crippen molar-refractivity contribution in [3.05, 3.63) is 17.9 Å². The molecule has 0 amide bonds. The third-order valence-corrected chi connectivity index (χ3v) is 3.89. The monoisotopic (exact) mass is 273 g/mol. The lowest BCUT2D eigenvalue weighted by atomic mass is 10.3. The van der Waals surface area contributed by atoms with Crippen LogP contribution in [0.1, 0.15) is 27.2 Å². The van der Waals surface area contributed by atoms with Crippen LogP contribution in [0.15, 0.2) is 17.0 Å². The summed E-state index contributed by atoms with van der Waals surface area (Å²) >= 11 is 1.41. The highest BCUT2D eigenvalue weighted by molar-refractivity contribution is 8.00. The number of benzene rings is 1. The van der Waals surface area contributed by atoms with Crippen molar-refractivity contribution in [3.63, 3.8) is 0 Å². The molecule has 0 aliphatic carbocycles. The van der Waals surface area contributed by atoms with Gasteiger partial charge in [0.15, 0.2) is 11.6 Å². The molecular weight excluding hydrogens is 253 g/mol. The molecule has 2 atom stereocenters. The van der Waals surface area contributed by atoms with E-state index in [-0.39, 0.29) is 11.0 Å². The second-order valence-electron chi connectivity index (χ2n) is 4.23. The Kier molecular flexibility index (Phi) is 5.75. The zero-order valence-corrected chi connectivity index (χ0v) is 11.8. The predicted molar refractivity (Wildman–Crippen MR) is 73.6 cm³/mol. The van der Waals surface area contributed by atoms with Gasteiger partial charge in [0.05, 0.1) is 12.7 Å². The number of halogens is 1. The molecule has 18 heavy (non-hydrogen) atoms. The van der Waals surface area contributed by atoms with Gasteiger partial charge >= 0.3 is 0 Å². The van der Waals surface area contributed by atoms with Crippen LogP contribution in [0.3, 0.4) is 0 Å². The summed E-state index contributed by atoms with van der Waals surface area (Å²) in [6.07, 6.45) is 0.357. The summed E-state index contributed by atoms with van der Waals surface area (Å²) in [6, 6.07) is 2.87. The first-order valence-electron chi connectivity index (χ1n) is 6.02. The van der Waals surface area contributed by atoms with Crippen molar-refractivity contribution in [2.45, 2.75) is 43.4 Å². The fourth-order valence-electron chi connectivity index (χ4n) is 1.27. The molecule has 2 unspecified atom stereocenters. The van der Waals surface area contributed by atoms with Crippen molar-refractivity contribution in [1.82, 2.24) is 0 Å². The molecule has 0 heterocycles. The number of rotatable bonds is 6. The maximum Gasteiger partial charge on any atom is 0.167 e. The number of hydrogen-bond acceptors (Lipinski definition) is 4. The van der Waals surface area contributed by atoms with E-state index >= 15 is 0 Å². The zero-order valence-electron chi connectivity index (χ0n) is 10.9. The van der Waals surface area contributed by atoms with Crippen LogP contribution >= 0.6 is 11.8 Å². The Morgan fingerprint density at radius 1 is 1.44 bits per heavy atom. The van der Waals surface area contributed by atoms with Gasteiger partial charge in [-0.25, -0.2) is 4.39 Å². The molecule has 0 fully saturated rings. The van der Waals surface area contributed by atoms with Crippen molar-refractivity contribution in [3.8, 4) is 5.75 Å². The third kappa shape index (κ3) is 4.07. The molecule has 0 saturated heterocycles. The largest absolute Gasteiger partial charge is 0.490 e. The molecule has 1 rings (SSSR count). The molecule has 1 aromatic rings. The highest BCUT2D eigenvalue weighted by Crippen LogP contribution is 2.34. The number of hydrogen-bond donors (Lipinski definition) is 2. The smallest absolute Gasteiger partial charge is 0.167 e. The van der Waals surface area contributed by atoms with Crippen LogP contribution in [0.2, 0.25) is 0 Å². The highest BCUT2D eigenvalue weighted by Gasteiger charge is 2.15. The van der Waals surface area contributed by atoms with Crippen LogP contribution in [0.25, 0.3) is 0 Å². The standard InChI is InChI=1S/C13H20FNO2S/c1-4-5-17-12-7-13(11(15)6-10(12)14)18-9(3)8(2)16/h6-9,16H,4-5,15H2,1-3H3. The van der Waals surface area contributed by atoms with E-state index in [1.807, 2.05) is 13.8 Å². The first-order chi connectivity index (χ1) is 8.45. The first kappa shape index (κ1) is 15.1. The van der Waals surface area contributed by atoms with Gasteiger partial charge in [-0.15, -0.1) is 11.8 Å². The Hall–Kier alpha value is -0.940. The average Bonchev–Trinajstić information content (AvgIpc) is 2.30. The number of nitrogen functional groups attached to an aromatic ring is 1. The van der Waals surface area contributed by atoms with E-state index in [4.69, 9.17) is 10.5 Å². The van der Waals surface area contributed by atoms with Crippen LogP contribution in [-0.4, -0.2) is 23.1 Å². The number of nitrogens with two attached hydrogens (primary N) is 1. The van der Waals surface area contributed by atoms with Crippen LogP contribution in [-0.2, 0) is 0 Å². The van der Waals surface area contributed by atoms with Gasteiger partial charge in [-0.2, -0.15) is 0 Å². The maximum atomic E-state index is 13.6. The molecule has 0 aromatic heterocycles. The minimum absolute atomic E-state index is 0.0169. The average molecular weight is 273 g/mol. The Morgan fingerprint density at radius 2 is 2.11 bits per heavy atom. The molecule has 0 saturated carbocycles. The molecule has 1 aromatic carbocycles. The number of aliphatic hydroxyl groups is 1. The minimum Gasteiger partial charge on any atom is -0.490 e. The van der Waals surface area contributed by atoms with Gasteiger partial charge in [0.1, 0.15) is 0 Å². The van der Waals surface area contributed by atoms with Gasteiger partial charge in [0, 0.05) is 21.9 Å². The molecule has 0 spiro atoms. The van der Waals surface area contributed by atoms with E-state index in [0.29, 0.717) is 12.3 Å². The molecule has 3 nitrogen and oxygen atoms in total. The van der Waals surface area contributed by atoms with Gasteiger partial charge in [0.2, 0.25) is 0 Å². The Labute approximate surface area is 112 Å². The predicted octanol–water partition coefficient (Wildman–Crippen LogP) is 3.06. The summed E-state index contributed by atoms with van der Waals surface area (Å²) in [7, 11) is 0. The normalized spacial score (nSPS) is 14.3. The molecule has 0 radical (unpaired) electrons. The highest BCUT2D eigenvalue weighted by atomic mass is 32.2. The Balaban J connectivity index is 2.90. The fourth-order valence-corrected chi connectivity index (χ4v) is 2.24.